The summed E-state index contributed by atoms with van der Waals surface area (Å²) in [5.41, 5.74) is 6.55. The van der Waals surface area contributed by atoms with Gasteiger partial charge in [0.2, 0.25) is 0 Å². The van der Waals surface area contributed by atoms with Gasteiger partial charge in [0.05, 0.1) is 0 Å². The Labute approximate surface area is 127 Å². The lowest BCUT2D eigenvalue weighted by Gasteiger charge is -2.25. The molecule has 118 valence electrons. The molecule has 1 rings (SSSR count). The molecule has 0 fully saturated rings. The lowest BCUT2D eigenvalue weighted by atomic mass is 10.0. The molecule has 5 nitrogen and oxygen atoms in total. The summed E-state index contributed by atoms with van der Waals surface area (Å²) in [6.07, 6.45) is 0. The third kappa shape index (κ3) is 6.14. The minimum Gasteiger partial charge on any atom is -0.483 e. The second-order valence-corrected chi connectivity index (χ2v) is 5.78. The number of carbonyl (C=O) groups is 1. The molecule has 0 aromatic heterocycles. The van der Waals surface area contributed by atoms with E-state index in [4.69, 9.17) is 10.5 Å². The van der Waals surface area contributed by atoms with Gasteiger partial charge in [-0.2, -0.15) is 0 Å². The summed E-state index contributed by atoms with van der Waals surface area (Å²) in [6.45, 7) is 5.40. The van der Waals surface area contributed by atoms with E-state index in [1.54, 1.807) is 0 Å². The van der Waals surface area contributed by atoms with Crippen molar-refractivity contribution in [2.24, 2.45) is 11.7 Å². The number of nitrogens with one attached hydrogen (secondary N) is 1. The summed E-state index contributed by atoms with van der Waals surface area (Å²) in [5.74, 6) is 0.930. The van der Waals surface area contributed by atoms with Gasteiger partial charge in [0.15, 0.2) is 6.61 Å². The van der Waals surface area contributed by atoms with Gasteiger partial charge in [0.25, 0.3) is 5.91 Å². The molecule has 0 bridgehead atoms. The molecule has 0 heterocycles. The van der Waals surface area contributed by atoms with Gasteiger partial charge in [-0.3, -0.25) is 4.79 Å². The van der Waals surface area contributed by atoms with Crippen molar-refractivity contribution in [2.75, 3.05) is 27.2 Å². The maximum Gasteiger partial charge on any atom is 0.258 e. The van der Waals surface area contributed by atoms with Gasteiger partial charge >= 0.3 is 0 Å². The number of nitrogens with two attached hydrogens (primary N) is 1. The van der Waals surface area contributed by atoms with Crippen LogP contribution in [0.5, 0.6) is 5.75 Å². The Kier molecular flexibility index (Phi) is 7.19. The van der Waals surface area contributed by atoms with E-state index < -0.39 is 0 Å². The van der Waals surface area contributed by atoms with E-state index >= 15 is 0 Å². The number of ether oxygens (including phenoxy) is 1. The van der Waals surface area contributed by atoms with Crippen LogP contribution in [0.25, 0.3) is 0 Å². The highest BCUT2D eigenvalue weighted by atomic mass is 16.5. The number of benzene rings is 1. The molecule has 3 N–H and O–H groups in total. The first-order chi connectivity index (χ1) is 9.93. The van der Waals surface area contributed by atoms with Crippen molar-refractivity contribution in [1.82, 2.24) is 10.2 Å². The summed E-state index contributed by atoms with van der Waals surface area (Å²) in [4.78, 5) is 14.1. The van der Waals surface area contributed by atoms with Crippen LogP contribution in [0, 0.1) is 5.92 Å². The van der Waals surface area contributed by atoms with Crippen molar-refractivity contribution in [3.8, 4) is 5.75 Å². The van der Waals surface area contributed by atoms with Crippen LogP contribution in [-0.2, 0) is 11.3 Å². The largest absolute Gasteiger partial charge is 0.483 e. The Morgan fingerprint density at radius 3 is 2.57 bits per heavy atom. The highest BCUT2D eigenvalue weighted by Crippen LogP contribution is 2.16. The molecule has 0 spiro atoms. The van der Waals surface area contributed by atoms with E-state index in [1.165, 1.54) is 0 Å². The second kappa shape index (κ2) is 8.64. The second-order valence-electron chi connectivity index (χ2n) is 5.78. The number of hydrogen-bond donors (Lipinski definition) is 2. The molecule has 1 unspecified atom stereocenters. The predicted octanol–water partition coefficient (Wildman–Crippen LogP) is 1.23. The highest BCUT2D eigenvalue weighted by Gasteiger charge is 2.17. The molecule has 0 aliphatic rings. The van der Waals surface area contributed by atoms with Gasteiger partial charge in [-0.1, -0.05) is 32.0 Å². The third-order valence-corrected chi connectivity index (χ3v) is 3.26. The minimum atomic E-state index is -0.109. The summed E-state index contributed by atoms with van der Waals surface area (Å²) < 4.78 is 5.57. The molecule has 1 aromatic rings. The molecule has 0 radical (unpaired) electrons. The number of para-hydroxylation sites is 1. The van der Waals surface area contributed by atoms with Crippen LogP contribution in [0.2, 0.25) is 0 Å². The standard InChI is InChI=1S/C16H27N3O2/c1-12(2)14(10-19(3)4)18-16(20)11-21-15-8-6-5-7-13(15)9-17/h5-8,12,14H,9-11,17H2,1-4H3,(H,18,20). The monoisotopic (exact) mass is 293 g/mol. The van der Waals surface area contributed by atoms with E-state index in [0.717, 1.165) is 12.1 Å². The van der Waals surface area contributed by atoms with Crippen molar-refractivity contribution in [3.05, 3.63) is 29.8 Å². The van der Waals surface area contributed by atoms with E-state index in [9.17, 15) is 4.79 Å². The van der Waals surface area contributed by atoms with Gasteiger partial charge in [0, 0.05) is 24.7 Å². The van der Waals surface area contributed by atoms with Crippen LogP contribution < -0.4 is 15.8 Å². The van der Waals surface area contributed by atoms with Crippen LogP contribution >= 0.6 is 0 Å². The van der Waals surface area contributed by atoms with Crippen LogP contribution in [-0.4, -0.2) is 44.1 Å². The molecular formula is C16H27N3O2. The van der Waals surface area contributed by atoms with E-state index in [0.29, 0.717) is 18.2 Å². The van der Waals surface area contributed by atoms with Crippen LogP contribution in [0.4, 0.5) is 0 Å². The first-order valence-corrected chi connectivity index (χ1v) is 7.29. The Hall–Kier alpha value is -1.59. The topological polar surface area (TPSA) is 67.6 Å². The molecule has 5 heteroatoms. The quantitative estimate of drug-likeness (QED) is 0.756. The first kappa shape index (κ1) is 17.5. The summed E-state index contributed by atoms with van der Waals surface area (Å²) >= 11 is 0. The summed E-state index contributed by atoms with van der Waals surface area (Å²) in [7, 11) is 3.99. The molecule has 0 saturated carbocycles. The fraction of sp³-hybridized carbons (Fsp3) is 0.562. The molecule has 21 heavy (non-hydrogen) atoms. The Balaban J connectivity index is 2.53. The number of amides is 1. The number of likely N-dealkylation sites (N-methyl/N-ethyl adjacent to an activating group) is 1. The summed E-state index contributed by atoms with van der Waals surface area (Å²) in [6, 6.07) is 7.61. The predicted molar refractivity (Wildman–Crippen MR) is 85.2 cm³/mol. The fourth-order valence-corrected chi connectivity index (χ4v) is 2.02. The molecule has 1 aromatic carbocycles. The first-order valence-electron chi connectivity index (χ1n) is 7.29. The van der Waals surface area contributed by atoms with Crippen molar-refractivity contribution in [2.45, 2.75) is 26.4 Å². The number of rotatable bonds is 8. The smallest absolute Gasteiger partial charge is 0.258 e. The SMILES string of the molecule is CC(C)C(CN(C)C)NC(=O)COc1ccccc1CN. The van der Waals surface area contributed by atoms with Crippen molar-refractivity contribution in [3.63, 3.8) is 0 Å². The van der Waals surface area contributed by atoms with Gasteiger partial charge in [-0.25, -0.2) is 0 Å². The average molecular weight is 293 g/mol. The maximum atomic E-state index is 12.0. The van der Waals surface area contributed by atoms with E-state index in [2.05, 4.69) is 24.1 Å². The van der Waals surface area contributed by atoms with Gasteiger partial charge in [0.1, 0.15) is 5.75 Å². The lowest BCUT2D eigenvalue weighted by molar-refractivity contribution is -0.124. The average Bonchev–Trinajstić information content (AvgIpc) is 2.44. The van der Waals surface area contributed by atoms with Crippen molar-refractivity contribution >= 4 is 5.91 Å². The number of nitrogens with zero attached hydrogens (tertiary/aromatic N) is 1. The maximum absolute atomic E-state index is 12.0. The van der Waals surface area contributed by atoms with E-state index in [1.807, 2.05) is 38.4 Å². The minimum absolute atomic E-state index is 0.00760. The van der Waals surface area contributed by atoms with Crippen molar-refractivity contribution in [1.29, 1.82) is 0 Å². The zero-order valence-corrected chi connectivity index (χ0v) is 13.4. The third-order valence-electron chi connectivity index (χ3n) is 3.26. The normalized spacial score (nSPS) is 12.5. The number of hydrogen-bond acceptors (Lipinski definition) is 4. The zero-order valence-electron chi connectivity index (χ0n) is 13.4. The lowest BCUT2D eigenvalue weighted by Crippen LogP contribution is -2.46. The van der Waals surface area contributed by atoms with Crippen LogP contribution in [0.1, 0.15) is 19.4 Å². The fourth-order valence-electron chi connectivity index (χ4n) is 2.02. The number of carbonyl (C=O) groups excluding carboxylic acids is 1. The van der Waals surface area contributed by atoms with Gasteiger partial charge in [-0.05, 0) is 26.1 Å². The molecule has 0 aliphatic carbocycles. The Morgan fingerprint density at radius 1 is 1.33 bits per heavy atom. The van der Waals surface area contributed by atoms with Crippen molar-refractivity contribution < 1.29 is 9.53 Å². The highest BCUT2D eigenvalue weighted by molar-refractivity contribution is 5.77. The molecule has 0 saturated heterocycles. The van der Waals surface area contributed by atoms with E-state index in [-0.39, 0.29) is 18.6 Å². The van der Waals surface area contributed by atoms with Crippen LogP contribution in [0.15, 0.2) is 24.3 Å². The van der Waals surface area contributed by atoms with Gasteiger partial charge in [-0.15, -0.1) is 0 Å². The Morgan fingerprint density at radius 2 is 2.00 bits per heavy atom. The molecule has 1 amide bonds. The van der Waals surface area contributed by atoms with Crippen LogP contribution in [0.3, 0.4) is 0 Å². The molecule has 1 atom stereocenters. The Bertz CT molecular complexity index is 447. The molecule has 0 aliphatic heterocycles. The molecular weight excluding hydrogens is 266 g/mol. The summed E-state index contributed by atoms with van der Waals surface area (Å²) in [5, 5.41) is 3.02. The zero-order chi connectivity index (χ0) is 15.8. The van der Waals surface area contributed by atoms with Gasteiger partial charge < -0.3 is 20.7 Å².